The lowest BCUT2D eigenvalue weighted by Gasteiger charge is -2.25. The highest BCUT2D eigenvalue weighted by Crippen LogP contribution is 2.58. The molecule has 0 rings (SSSR count). The minimum atomic E-state index is -1.94. The molecular weight excluding hydrogens is 378 g/mol. The van der Waals surface area contributed by atoms with Crippen LogP contribution >= 0.6 is 15.1 Å². The van der Waals surface area contributed by atoms with E-state index < -0.39 is 7.14 Å². The summed E-state index contributed by atoms with van der Waals surface area (Å²) in [6.07, 6.45) is 26.1. The molecule has 0 aromatic carbocycles. The molecule has 0 amide bonds. The highest BCUT2D eigenvalue weighted by molar-refractivity contribution is 7.77. The molecular formula is C25H54OP2. The second-order valence-electron chi connectivity index (χ2n) is 9.01. The van der Waals surface area contributed by atoms with E-state index >= 15 is 0 Å². The van der Waals surface area contributed by atoms with Crippen LogP contribution in [-0.2, 0) is 4.57 Å². The van der Waals surface area contributed by atoms with E-state index in [-0.39, 0.29) is 7.92 Å². The van der Waals surface area contributed by atoms with Crippen molar-refractivity contribution < 1.29 is 4.57 Å². The van der Waals surface area contributed by atoms with E-state index in [4.69, 9.17) is 0 Å². The lowest BCUT2D eigenvalue weighted by Crippen LogP contribution is -2.04. The standard InChI is InChI=1S/C25H54OP2/c1-5-9-13-17-21-27(22-18-14-10-6-2)25-28(26,23-19-15-11-7-3)24-20-16-12-8-4/h5-25H2,1-4H3. The Morgan fingerprint density at radius 1 is 0.500 bits per heavy atom. The maximum Gasteiger partial charge on any atom is 0.0918 e. The van der Waals surface area contributed by atoms with Crippen LogP contribution in [0.15, 0.2) is 0 Å². The Labute approximate surface area is 180 Å². The van der Waals surface area contributed by atoms with Gasteiger partial charge in [-0.15, -0.1) is 0 Å². The van der Waals surface area contributed by atoms with Crippen LogP contribution in [0.3, 0.4) is 0 Å². The van der Waals surface area contributed by atoms with Crippen LogP contribution in [0.4, 0.5) is 0 Å². The van der Waals surface area contributed by atoms with Crippen LogP contribution in [0.1, 0.15) is 130 Å². The molecule has 3 heteroatoms. The summed E-state index contributed by atoms with van der Waals surface area (Å²) in [6, 6.07) is 0. The minimum Gasteiger partial charge on any atom is -0.323 e. The first-order valence-corrected chi connectivity index (χ1v) is 17.1. The summed E-state index contributed by atoms with van der Waals surface area (Å²) >= 11 is 0. The van der Waals surface area contributed by atoms with Gasteiger partial charge >= 0.3 is 0 Å². The maximum absolute atomic E-state index is 13.9. The Morgan fingerprint density at radius 3 is 1.21 bits per heavy atom. The zero-order valence-electron chi connectivity index (χ0n) is 20.2. The monoisotopic (exact) mass is 432 g/mol. The topological polar surface area (TPSA) is 17.1 Å². The van der Waals surface area contributed by atoms with Gasteiger partial charge in [0.2, 0.25) is 0 Å². The molecule has 0 aromatic heterocycles. The quantitative estimate of drug-likeness (QED) is 0.123. The zero-order chi connectivity index (χ0) is 20.9. The number of rotatable bonds is 22. The molecule has 0 saturated carbocycles. The second-order valence-corrected chi connectivity index (χ2v) is 15.4. The molecule has 0 radical (unpaired) electrons. The van der Waals surface area contributed by atoms with Gasteiger partial charge in [-0.05, 0) is 38.0 Å². The molecule has 0 spiro atoms. The Bertz CT molecular complexity index is 328. The van der Waals surface area contributed by atoms with Crippen LogP contribution in [0.5, 0.6) is 0 Å². The Morgan fingerprint density at radius 2 is 0.857 bits per heavy atom. The van der Waals surface area contributed by atoms with Crippen molar-refractivity contribution in [1.82, 2.24) is 0 Å². The molecule has 1 nitrogen and oxygen atoms in total. The second kappa shape index (κ2) is 20.9. The molecule has 28 heavy (non-hydrogen) atoms. The van der Waals surface area contributed by atoms with Crippen LogP contribution in [0, 0.1) is 0 Å². The predicted octanol–water partition coefficient (Wildman–Crippen LogP) is 10.1. The lowest BCUT2D eigenvalue weighted by atomic mass is 10.2. The summed E-state index contributed by atoms with van der Waals surface area (Å²) in [7, 11) is -1.93. The van der Waals surface area contributed by atoms with Gasteiger partial charge in [-0.25, -0.2) is 0 Å². The molecule has 170 valence electrons. The number of hydrogen-bond acceptors (Lipinski definition) is 1. The third-order valence-electron chi connectivity index (χ3n) is 5.95. The fourth-order valence-corrected chi connectivity index (χ4v) is 12.6. The first-order chi connectivity index (χ1) is 13.6. The summed E-state index contributed by atoms with van der Waals surface area (Å²) < 4.78 is 13.9. The van der Waals surface area contributed by atoms with Gasteiger partial charge in [-0.2, -0.15) is 0 Å². The molecule has 0 aliphatic rings. The summed E-state index contributed by atoms with van der Waals surface area (Å²) in [5, 5.41) is 0. The van der Waals surface area contributed by atoms with Crippen LogP contribution in [0.2, 0.25) is 0 Å². The SMILES string of the molecule is CCCCCCP(CCCCCC)CP(=O)(CCCCCC)CCCCCC. The first-order valence-electron chi connectivity index (χ1n) is 12.9. The third-order valence-corrected chi connectivity index (χ3v) is 13.8. The van der Waals surface area contributed by atoms with Crippen molar-refractivity contribution in [2.24, 2.45) is 0 Å². The van der Waals surface area contributed by atoms with Crippen molar-refractivity contribution in [3.63, 3.8) is 0 Å². The zero-order valence-corrected chi connectivity index (χ0v) is 21.9. The maximum atomic E-state index is 13.9. The normalized spacial score (nSPS) is 12.2. The molecule has 0 N–H and O–H groups in total. The van der Waals surface area contributed by atoms with Crippen molar-refractivity contribution >= 4 is 15.1 Å². The smallest absolute Gasteiger partial charge is 0.0918 e. The highest BCUT2D eigenvalue weighted by Gasteiger charge is 2.25. The van der Waals surface area contributed by atoms with Gasteiger partial charge in [-0.1, -0.05) is 113 Å². The Hall–Kier alpha value is 0.660. The summed E-state index contributed by atoms with van der Waals surface area (Å²) in [6.45, 7) is 9.15. The van der Waals surface area contributed by atoms with Crippen LogP contribution in [0.25, 0.3) is 0 Å². The van der Waals surface area contributed by atoms with Gasteiger partial charge in [0.1, 0.15) is 0 Å². The van der Waals surface area contributed by atoms with E-state index in [0.29, 0.717) is 0 Å². The van der Waals surface area contributed by atoms with Gasteiger partial charge in [0.05, 0.1) is 7.14 Å². The fourth-order valence-electron chi connectivity index (χ4n) is 4.05. The molecule has 0 fully saturated rings. The molecule has 0 aliphatic heterocycles. The van der Waals surface area contributed by atoms with E-state index in [0.717, 1.165) is 18.2 Å². The molecule has 0 heterocycles. The van der Waals surface area contributed by atoms with Gasteiger partial charge in [0.15, 0.2) is 0 Å². The van der Waals surface area contributed by atoms with Gasteiger partial charge in [0, 0.05) is 18.2 Å². The average Bonchev–Trinajstić information content (AvgIpc) is 2.69. The molecule has 0 atom stereocenters. The van der Waals surface area contributed by atoms with Crippen LogP contribution < -0.4 is 0 Å². The first kappa shape index (κ1) is 28.7. The predicted molar refractivity (Wildman–Crippen MR) is 135 cm³/mol. The van der Waals surface area contributed by atoms with E-state index in [9.17, 15) is 4.57 Å². The van der Waals surface area contributed by atoms with Gasteiger partial charge in [-0.3, -0.25) is 0 Å². The molecule has 0 aliphatic carbocycles. The van der Waals surface area contributed by atoms with Crippen LogP contribution in [-0.4, -0.2) is 30.6 Å². The molecule has 0 aromatic rings. The van der Waals surface area contributed by atoms with Crippen molar-refractivity contribution in [1.29, 1.82) is 0 Å². The lowest BCUT2D eigenvalue weighted by molar-refractivity contribution is 0.568. The minimum absolute atomic E-state index is 0.00614. The van der Waals surface area contributed by atoms with E-state index in [2.05, 4.69) is 27.7 Å². The van der Waals surface area contributed by atoms with Crippen molar-refractivity contribution in [3.05, 3.63) is 0 Å². The number of hydrogen-bond donors (Lipinski definition) is 0. The van der Waals surface area contributed by atoms with Gasteiger partial charge < -0.3 is 4.57 Å². The van der Waals surface area contributed by atoms with Crippen molar-refractivity contribution in [2.45, 2.75) is 130 Å². The largest absolute Gasteiger partial charge is 0.323 e. The Balaban J connectivity index is 4.72. The fraction of sp³-hybridized carbons (Fsp3) is 1.00. The van der Waals surface area contributed by atoms with Gasteiger partial charge in [0.25, 0.3) is 0 Å². The average molecular weight is 433 g/mol. The summed E-state index contributed by atoms with van der Waals surface area (Å²) in [4.78, 5) is 0. The highest BCUT2D eigenvalue weighted by atomic mass is 31.2. The molecule has 0 bridgehead atoms. The van der Waals surface area contributed by atoms with E-state index in [1.54, 1.807) is 0 Å². The molecule has 0 unspecified atom stereocenters. The third kappa shape index (κ3) is 17.5. The van der Waals surface area contributed by atoms with Crippen molar-refractivity contribution in [2.75, 3.05) is 30.6 Å². The number of unbranched alkanes of at least 4 members (excludes halogenated alkanes) is 12. The van der Waals surface area contributed by atoms with E-state index in [1.165, 1.54) is 115 Å². The molecule has 0 saturated heterocycles. The summed E-state index contributed by atoms with van der Waals surface area (Å²) in [5.41, 5.74) is 0. The van der Waals surface area contributed by atoms with Crippen molar-refractivity contribution in [3.8, 4) is 0 Å². The Kier molecular flexibility index (Phi) is 21.4. The van der Waals surface area contributed by atoms with E-state index in [1.807, 2.05) is 0 Å². The summed E-state index contributed by atoms with van der Waals surface area (Å²) in [5.74, 6) is 1.14.